The van der Waals surface area contributed by atoms with Crippen molar-refractivity contribution in [3.05, 3.63) is 65.0 Å². The highest BCUT2D eigenvalue weighted by atomic mass is 19.1. The largest absolute Gasteiger partial charge is 0.507 e. The summed E-state index contributed by atoms with van der Waals surface area (Å²) in [5.74, 6) is -1.52. The van der Waals surface area contributed by atoms with Crippen LogP contribution < -0.4 is 9.47 Å². The molecule has 1 aliphatic rings. The number of Topliss-reactive ketones (excluding diaryl/α,β-unsaturated/α-hetero) is 1. The molecule has 0 spiro atoms. The third-order valence-corrected chi connectivity index (χ3v) is 5.18. The first-order chi connectivity index (χ1) is 14.8. The number of ketones is 1. The van der Waals surface area contributed by atoms with E-state index in [4.69, 9.17) is 9.47 Å². The molecule has 1 saturated heterocycles. The van der Waals surface area contributed by atoms with Crippen molar-refractivity contribution in [1.29, 1.82) is 0 Å². The van der Waals surface area contributed by atoms with E-state index in [1.165, 1.54) is 43.4 Å². The number of nitrogens with zero attached hydrogens (tertiary/aromatic N) is 2. The maximum Gasteiger partial charge on any atom is 0.295 e. The second kappa shape index (κ2) is 9.18. The van der Waals surface area contributed by atoms with Crippen molar-refractivity contribution < 1.29 is 28.6 Å². The number of aliphatic hydroxyl groups excluding tert-OH is 1. The van der Waals surface area contributed by atoms with E-state index in [9.17, 15) is 19.1 Å². The monoisotopic (exact) mass is 428 g/mol. The van der Waals surface area contributed by atoms with Crippen molar-refractivity contribution in [2.24, 2.45) is 0 Å². The summed E-state index contributed by atoms with van der Waals surface area (Å²) in [6.45, 7) is 0.771. The lowest BCUT2D eigenvalue weighted by molar-refractivity contribution is -0.140. The molecular weight excluding hydrogens is 403 g/mol. The number of carbonyl (C=O) groups is 2. The number of carbonyl (C=O) groups excluding carboxylic acids is 2. The summed E-state index contributed by atoms with van der Waals surface area (Å²) < 4.78 is 24.1. The molecule has 0 aliphatic carbocycles. The average Bonchev–Trinajstić information content (AvgIpc) is 3.01. The van der Waals surface area contributed by atoms with Gasteiger partial charge in [-0.15, -0.1) is 0 Å². The number of ether oxygens (including phenoxy) is 2. The highest BCUT2D eigenvalue weighted by Crippen LogP contribution is 2.41. The van der Waals surface area contributed by atoms with Crippen LogP contribution in [0.25, 0.3) is 5.76 Å². The number of rotatable bonds is 7. The second-order valence-corrected chi connectivity index (χ2v) is 7.41. The number of methoxy groups -OCH3 is 2. The van der Waals surface area contributed by atoms with Gasteiger partial charge < -0.3 is 24.4 Å². The summed E-state index contributed by atoms with van der Waals surface area (Å²) >= 11 is 0. The zero-order valence-electron chi connectivity index (χ0n) is 17.9. The fraction of sp³-hybridized carbons (Fsp3) is 0.304. The summed E-state index contributed by atoms with van der Waals surface area (Å²) in [6.07, 6.45) is 0. The van der Waals surface area contributed by atoms with Crippen LogP contribution in [-0.4, -0.2) is 68.0 Å². The fourth-order valence-corrected chi connectivity index (χ4v) is 3.55. The predicted octanol–water partition coefficient (Wildman–Crippen LogP) is 2.83. The van der Waals surface area contributed by atoms with Gasteiger partial charge in [-0.1, -0.05) is 12.1 Å². The minimum Gasteiger partial charge on any atom is -0.507 e. The maximum atomic E-state index is 13.5. The van der Waals surface area contributed by atoms with Crippen LogP contribution in [0.5, 0.6) is 11.5 Å². The van der Waals surface area contributed by atoms with E-state index >= 15 is 0 Å². The highest BCUT2D eigenvalue weighted by Gasteiger charge is 2.46. The van der Waals surface area contributed by atoms with Gasteiger partial charge in [-0.25, -0.2) is 4.39 Å². The molecule has 1 amide bonds. The van der Waals surface area contributed by atoms with E-state index in [1.807, 2.05) is 19.0 Å². The Labute approximate surface area is 180 Å². The van der Waals surface area contributed by atoms with Gasteiger partial charge in [0.15, 0.2) is 0 Å². The first kappa shape index (κ1) is 22.3. The van der Waals surface area contributed by atoms with Crippen LogP contribution in [-0.2, 0) is 9.59 Å². The molecule has 2 aromatic carbocycles. The molecule has 3 rings (SSSR count). The number of hydrogen-bond donors (Lipinski definition) is 1. The van der Waals surface area contributed by atoms with Crippen molar-refractivity contribution in [2.75, 3.05) is 41.4 Å². The van der Waals surface area contributed by atoms with Gasteiger partial charge in [0.25, 0.3) is 11.7 Å². The molecule has 0 saturated carbocycles. The van der Waals surface area contributed by atoms with E-state index in [1.54, 1.807) is 18.2 Å². The Kier molecular flexibility index (Phi) is 6.60. The second-order valence-electron chi connectivity index (χ2n) is 7.41. The van der Waals surface area contributed by atoms with Gasteiger partial charge in [-0.2, -0.15) is 0 Å². The predicted molar refractivity (Wildman–Crippen MR) is 114 cm³/mol. The molecule has 0 aromatic heterocycles. The Balaban J connectivity index is 2.18. The standard InChI is InChI=1S/C23H25FN2O5/c1-25(2)11-12-26-20(14-5-7-15(24)8-6-14)19(22(28)23(26)29)21(27)17-10-9-16(30-3)13-18(17)31-4/h5-10,13,20,27H,11-12H2,1-4H3/b21-19+/t20-/m1/s1. The molecule has 1 fully saturated rings. The van der Waals surface area contributed by atoms with Crippen molar-refractivity contribution in [2.45, 2.75) is 6.04 Å². The molecule has 0 unspecified atom stereocenters. The molecule has 8 heteroatoms. The Morgan fingerprint density at radius 3 is 2.35 bits per heavy atom. The van der Waals surface area contributed by atoms with E-state index in [0.717, 1.165) is 0 Å². The Morgan fingerprint density at radius 2 is 1.77 bits per heavy atom. The summed E-state index contributed by atoms with van der Waals surface area (Å²) in [4.78, 5) is 29.1. The van der Waals surface area contributed by atoms with E-state index < -0.39 is 23.5 Å². The van der Waals surface area contributed by atoms with E-state index in [2.05, 4.69) is 0 Å². The average molecular weight is 428 g/mol. The summed E-state index contributed by atoms with van der Waals surface area (Å²) in [5.41, 5.74) is 0.702. The summed E-state index contributed by atoms with van der Waals surface area (Å²) in [7, 11) is 6.63. The molecule has 1 aliphatic heterocycles. The number of hydrogen-bond acceptors (Lipinski definition) is 6. The Morgan fingerprint density at radius 1 is 1.10 bits per heavy atom. The number of halogens is 1. The molecule has 0 radical (unpaired) electrons. The molecule has 1 atom stereocenters. The van der Waals surface area contributed by atoms with Crippen molar-refractivity contribution in [1.82, 2.24) is 9.80 Å². The van der Waals surface area contributed by atoms with Crippen LogP contribution in [0.4, 0.5) is 4.39 Å². The van der Waals surface area contributed by atoms with Crippen molar-refractivity contribution >= 4 is 17.4 Å². The smallest absolute Gasteiger partial charge is 0.295 e. The molecule has 1 heterocycles. The summed E-state index contributed by atoms with van der Waals surface area (Å²) in [5, 5.41) is 11.1. The van der Waals surface area contributed by atoms with Crippen LogP contribution in [0.15, 0.2) is 48.0 Å². The number of aliphatic hydroxyl groups is 1. The highest BCUT2D eigenvalue weighted by molar-refractivity contribution is 6.46. The lowest BCUT2D eigenvalue weighted by Crippen LogP contribution is -2.35. The van der Waals surface area contributed by atoms with Gasteiger partial charge >= 0.3 is 0 Å². The van der Waals surface area contributed by atoms with Gasteiger partial charge in [0.2, 0.25) is 0 Å². The van der Waals surface area contributed by atoms with Crippen molar-refractivity contribution in [3.63, 3.8) is 0 Å². The van der Waals surface area contributed by atoms with Gasteiger partial charge in [0.1, 0.15) is 23.1 Å². The van der Waals surface area contributed by atoms with Gasteiger partial charge in [0.05, 0.1) is 31.4 Å². The molecule has 31 heavy (non-hydrogen) atoms. The molecule has 2 aromatic rings. The first-order valence-electron chi connectivity index (χ1n) is 9.69. The third-order valence-electron chi connectivity index (χ3n) is 5.18. The molecule has 1 N–H and O–H groups in total. The van der Waals surface area contributed by atoms with E-state index in [0.29, 0.717) is 17.9 Å². The van der Waals surface area contributed by atoms with Crippen LogP contribution >= 0.6 is 0 Å². The third kappa shape index (κ3) is 4.39. The van der Waals surface area contributed by atoms with Gasteiger partial charge in [-0.3, -0.25) is 9.59 Å². The Bertz CT molecular complexity index is 1020. The minimum atomic E-state index is -0.854. The maximum absolute atomic E-state index is 13.5. The zero-order chi connectivity index (χ0) is 22.7. The SMILES string of the molecule is COc1ccc(/C(O)=C2\C(=O)C(=O)N(CCN(C)C)[C@@H]2c2ccc(F)cc2)c(OC)c1. The topological polar surface area (TPSA) is 79.3 Å². The van der Waals surface area contributed by atoms with Crippen molar-refractivity contribution in [3.8, 4) is 11.5 Å². The van der Waals surface area contributed by atoms with Gasteiger partial charge in [0, 0.05) is 19.2 Å². The first-order valence-corrected chi connectivity index (χ1v) is 9.69. The van der Waals surface area contributed by atoms with Crippen LogP contribution in [0.1, 0.15) is 17.2 Å². The normalized spacial score (nSPS) is 18.0. The number of benzene rings is 2. The van der Waals surface area contributed by atoms with Crippen LogP contribution in [0.3, 0.4) is 0 Å². The Hall–Kier alpha value is -3.39. The number of amides is 1. The van der Waals surface area contributed by atoms with E-state index in [-0.39, 0.29) is 29.2 Å². The van der Waals surface area contributed by atoms with Crippen LogP contribution in [0.2, 0.25) is 0 Å². The lowest BCUT2D eigenvalue weighted by Gasteiger charge is -2.26. The van der Waals surface area contributed by atoms with Gasteiger partial charge in [-0.05, 0) is 43.9 Å². The minimum absolute atomic E-state index is 0.0705. The number of likely N-dealkylation sites (tertiary alicyclic amines) is 1. The molecule has 0 bridgehead atoms. The molecule has 164 valence electrons. The van der Waals surface area contributed by atoms with Crippen LogP contribution in [0, 0.1) is 5.82 Å². The molecule has 7 nitrogen and oxygen atoms in total. The fourth-order valence-electron chi connectivity index (χ4n) is 3.55. The lowest BCUT2D eigenvalue weighted by atomic mass is 9.95. The summed E-state index contributed by atoms with van der Waals surface area (Å²) in [6, 6.07) is 9.43. The molecular formula is C23H25FN2O5. The zero-order valence-corrected chi connectivity index (χ0v) is 17.9. The number of likely N-dealkylation sites (N-methyl/N-ethyl adjacent to an activating group) is 1. The quantitative estimate of drug-likeness (QED) is 0.415.